The largest absolute Gasteiger partial charge is 0.478 e. The van der Waals surface area contributed by atoms with Gasteiger partial charge in [-0.15, -0.1) is 5.10 Å². The molecule has 1 N–H and O–H groups in total. The van der Waals surface area contributed by atoms with E-state index < -0.39 is 5.97 Å². The zero-order chi connectivity index (χ0) is 16.0. The number of carbonyl (C=O) groups is 1. The molecule has 1 fully saturated rings. The summed E-state index contributed by atoms with van der Waals surface area (Å²) in [5.74, 6) is -0.443. The number of aryl methyl sites for hydroxylation is 1. The molecule has 0 aliphatic carbocycles. The van der Waals surface area contributed by atoms with Gasteiger partial charge in [0, 0.05) is 18.8 Å². The van der Waals surface area contributed by atoms with Crippen LogP contribution >= 0.6 is 0 Å². The predicted octanol–water partition coefficient (Wildman–Crippen LogP) is 1.03. The Labute approximate surface area is 132 Å². The summed E-state index contributed by atoms with van der Waals surface area (Å²) in [7, 11) is 0. The Balaban J connectivity index is 1.63. The summed E-state index contributed by atoms with van der Waals surface area (Å²) in [5.41, 5.74) is 2.01. The number of aromatic nitrogens is 4. The SMILES string of the molecule is Cc1ccc(C(=O)O)c(N2CC[C@H]3[C@H](C2)OCc2cnnn23)n1. The second-order valence-corrected chi connectivity index (χ2v) is 5.95. The molecule has 0 spiro atoms. The molecule has 0 aromatic carbocycles. The van der Waals surface area contributed by atoms with E-state index in [1.807, 2.05) is 16.5 Å². The Hall–Kier alpha value is -2.48. The molecule has 2 aliphatic rings. The number of nitrogens with zero attached hydrogens (tertiary/aromatic N) is 5. The van der Waals surface area contributed by atoms with Crippen LogP contribution in [0.3, 0.4) is 0 Å². The molecule has 2 aliphatic heterocycles. The van der Waals surface area contributed by atoms with Crippen LogP contribution in [-0.2, 0) is 11.3 Å². The van der Waals surface area contributed by atoms with Crippen molar-refractivity contribution in [1.82, 2.24) is 20.0 Å². The highest BCUT2D eigenvalue weighted by Crippen LogP contribution is 2.33. The number of pyridine rings is 1. The first-order valence-corrected chi connectivity index (χ1v) is 7.60. The average molecular weight is 315 g/mol. The molecule has 8 nitrogen and oxygen atoms in total. The van der Waals surface area contributed by atoms with Gasteiger partial charge in [0.05, 0.1) is 30.6 Å². The van der Waals surface area contributed by atoms with Crippen molar-refractivity contribution in [2.45, 2.75) is 32.1 Å². The van der Waals surface area contributed by atoms with Gasteiger partial charge in [-0.2, -0.15) is 0 Å². The number of anilines is 1. The van der Waals surface area contributed by atoms with E-state index in [1.165, 1.54) is 0 Å². The maximum atomic E-state index is 11.5. The maximum Gasteiger partial charge on any atom is 0.339 e. The molecule has 0 unspecified atom stereocenters. The van der Waals surface area contributed by atoms with Gasteiger partial charge >= 0.3 is 5.97 Å². The molecule has 0 radical (unpaired) electrons. The second kappa shape index (κ2) is 5.31. The third kappa shape index (κ3) is 2.35. The summed E-state index contributed by atoms with van der Waals surface area (Å²) in [4.78, 5) is 17.9. The zero-order valence-corrected chi connectivity index (χ0v) is 12.7. The van der Waals surface area contributed by atoms with Crippen molar-refractivity contribution < 1.29 is 14.6 Å². The Kier molecular flexibility index (Phi) is 3.26. The standard InChI is InChI=1S/C15H17N5O3/c1-9-2-3-11(15(21)22)14(17-9)19-5-4-12-13(7-19)23-8-10-6-16-18-20(10)12/h2-3,6,12-13H,4-5,7-8H2,1H3,(H,21,22)/t12-,13-/m0/s1. The first kappa shape index (κ1) is 14.1. The molecule has 2 aromatic rings. The van der Waals surface area contributed by atoms with Crippen molar-refractivity contribution in [2.75, 3.05) is 18.0 Å². The molecule has 4 heterocycles. The van der Waals surface area contributed by atoms with Gasteiger partial charge in [0.2, 0.25) is 0 Å². The first-order chi connectivity index (χ1) is 11.1. The summed E-state index contributed by atoms with van der Waals surface area (Å²) < 4.78 is 7.87. The van der Waals surface area contributed by atoms with Gasteiger partial charge in [-0.1, -0.05) is 5.21 Å². The van der Waals surface area contributed by atoms with Crippen LogP contribution in [0.4, 0.5) is 5.82 Å². The fraction of sp³-hybridized carbons (Fsp3) is 0.467. The number of rotatable bonds is 2. The highest BCUT2D eigenvalue weighted by atomic mass is 16.5. The van der Waals surface area contributed by atoms with E-state index in [1.54, 1.807) is 18.3 Å². The summed E-state index contributed by atoms with van der Waals surface area (Å²) in [6.45, 7) is 3.65. The van der Waals surface area contributed by atoms with E-state index in [0.717, 1.165) is 17.8 Å². The number of aromatic carboxylic acids is 1. The third-order valence-corrected chi connectivity index (χ3v) is 4.48. The normalized spacial score (nSPS) is 23.3. The van der Waals surface area contributed by atoms with Crippen LogP contribution in [0.15, 0.2) is 18.3 Å². The van der Waals surface area contributed by atoms with E-state index >= 15 is 0 Å². The molecule has 8 heteroatoms. The van der Waals surface area contributed by atoms with Crippen LogP contribution in [0.1, 0.15) is 34.2 Å². The molecular formula is C15H17N5O3. The number of ether oxygens (including phenoxy) is 1. The van der Waals surface area contributed by atoms with Crippen molar-refractivity contribution in [2.24, 2.45) is 0 Å². The van der Waals surface area contributed by atoms with E-state index in [4.69, 9.17) is 4.74 Å². The summed E-state index contributed by atoms with van der Waals surface area (Å²) in [6, 6.07) is 3.48. The van der Waals surface area contributed by atoms with Crippen molar-refractivity contribution >= 4 is 11.8 Å². The molecule has 1 saturated heterocycles. The van der Waals surface area contributed by atoms with Crippen molar-refractivity contribution in [1.29, 1.82) is 0 Å². The van der Waals surface area contributed by atoms with Gasteiger partial charge in [-0.05, 0) is 25.5 Å². The monoisotopic (exact) mass is 315 g/mol. The van der Waals surface area contributed by atoms with Gasteiger partial charge < -0.3 is 14.7 Å². The lowest BCUT2D eigenvalue weighted by molar-refractivity contribution is -0.0335. The smallest absolute Gasteiger partial charge is 0.339 e. The molecule has 0 bridgehead atoms. The van der Waals surface area contributed by atoms with Crippen LogP contribution in [0.25, 0.3) is 0 Å². The summed E-state index contributed by atoms with van der Waals surface area (Å²) in [6.07, 6.45) is 2.50. The van der Waals surface area contributed by atoms with Gasteiger partial charge in [0.1, 0.15) is 11.4 Å². The number of carboxylic acid groups (broad SMARTS) is 1. The number of hydrogen-bond acceptors (Lipinski definition) is 6. The van der Waals surface area contributed by atoms with Crippen LogP contribution < -0.4 is 4.90 Å². The fourth-order valence-corrected chi connectivity index (χ4v) is 3.33. The maximum absolute atomic E-state index is 11.5. The molecule has 2 aromatic heterocycles. The van der Waals surface area contributed by atoms with E-state index in [2.05, 4.69) is 15.3 Å². The van der Waals surface area contributed by atoms with Crippen molar-refractivity contribution in [3.63, 3.8) is 0 Å². The molecule has 23 heavy (non-hydrogen) atoms. The van der Waals surface area contributed by atoms with Gasteiger partial charge in [-0.25, -0.2) is 14.5 Å². The van der Waals surface area contributed by atoms with Crippen LogP contribution in [0.5, 0.6) is 0 Å². The van der Waals surface area contributed by atoms with E-state index in [-0.39, 0.29) is 17.7 Å². The number of hydrogen-bond donors (Lipinski definition) is 1. The Bertz CT molecular complexity index is 759. The Morgan fingerprint density at radius 2 is 2.30 bits per heavy atom. The molecule has 4 rings (SSSR count). The van der Waals surface area contributed by atoms with Crippen LogP contribution in [0, 0.1) is 6.92 Å². The van der Waals surface area contributed by atoms with Crippen LogP contribution in [0.2, 0.25) is 0 Å². The van der Waals surface area contributed by atoms with Crippen LogP contribution in [-0.4, -0.2) is 50.2 Å². The number of carboxylic acids is 1. The Morgan fingerprint density at radius 1 is 1.43 bits per heavy atom. The highest BCUT2D eigenvalue weighted by molar-refractivity contribution is 5.93. The molecular weight excluding hydrogens is 298 g/mol. The highest BCUT2D eigenvalue weighted by Gasteiger charge is 2.37. The lowest BCUT2D eigenvalue weighted by Gasteiger charge is -2.41. The fourth-order valence-electron chi connectivity index (χ4n) is 3.33. The van der Waals surface area contributed by atoms with E-state index in [0.29, 0.717) is 25.5 Å². The molecule has 0 amide bonds. The number of fused-ring (bicyclic) bond motifs is 3. The summed E-state index contributed by atoms with van der Waals surface area (Å²) in [5, 5.41) is 17.5. The van der Waals surface area contributed by atoms with E-state index in [9.17, 15) is 9.90 Å². The molecule has 0 saturated carbocycles. The summed E-state index contributed by atoms with van der Waals surface area (Å²) >= 11 is 0. The van der Waals surface area contributed by atoms with Crippen molar-refractivity contribution in [3.05, 3.63) is 35.3 Å². The minimum atomic E-state index is -0.960. The van der Waals surface area contributed by atoms with Crippen molar-refractivity contribution in [3.8, 4) is 0 Å². The lowest BCUT2D eigenvalue weighted by atomic mass is 9.99. The average Bonchev–Trinajstić information content (AvgIpc) is 3.03. The quantitative estimate of drug-likeness (QED) is 0.884. The first-order valence-electron chi connectivity index (χ1n) is 7.60. The predicted molar refractivity (Wildman–Crippen MR) is 80.4 cm³/mol. The van der Waals surface area contributed by atoms with Gasteiger partial charge in [0.25, 0.3) is 0 Å². The lowest BCUT2D eigenvalue weighted by Crippen LogP contribution is -2.49. The minimum Gasteiger partial charge on any atom is -0.478 e. The molecule has 120 valence electrons. The third-order valence-electron chi connectivity index (χ3n) is 4.48. The minimum absolute atomic E-state index is 0.0399. The Morgan fingerprint density at radius 3 is 3.13 bits per heavy atom. The van der Waals surface area contributed by atoms with Gasteiger partial charge in [0.15, 0.2) is 0 Å². The zero-order valence-electron chi connectivity index (χ0n) is 12.7. The van der Waals surface area contributed by atoms with Gasteiger partial charge in [-0.3, -0.25) is 0 Å². The molecule has 2 atom stereocenters. The number of piperidine rings is 1. The topological polar surface area (TPSA) is 93.4 Å². The second-order valence-electron chi connectivity index (χ2n) is 5.95.